The van der Waals surface area contributed by atoms with Gasteiger partial charge >= 0.3 is 0 Å². The van der Waals surface area contributed by atoms with Gasteiger partial charge in [-0.15, -0.1) is 11.3 Å². The number of rotatable bonds is 7. The van der Waals surface area contributed by atoms with Crippen molar-refractivity contribution in [2.24, 2.45) is 11.7 Å². The maximum Gasteiger partial charge on any atom is 0.254 e. The van der Waals surface area contributed by atoms with Crippen LogP contribution >= 0.6 is 11.3 Å². The maximum absolute atomic E-state index is 12.4. The number of hydrogen-bond acceptors (Lipinski definition) is 6. The highest BCUT2D eigenvalue weighted by Gasteiger charge is 2.32. The molecule has 0 aliphatic heterocycles. The molecule has 0 spiro atoms. The maximum atomic E-state index is 12.4. The molecule has 8 heteroatoms. The number of nitrogens with zero attached hydrogens (tertiary/aromatic N) is 2. The zero-order valence-electron chi connectivity index (χ0n) is 17.0. The van der Waals surface area contributed by atoms with E-state index in [9.17, 15) is 9.59 Å². The third-order valence-electron chi connectivity index (χ3n) is 5.47. The predicted molar refractivity (Wildman–Crippen MR) is 118 cm³/mol. The standard InChI is InChI=1S/C23H22N4O3S/c1-13(30-23-18(21(25)28)11-20-19(27-23)5-6-31-20)7-15-9-17(10-15)26-22(29)16-4-2-3-14(8-16)12-24/h2-6,8,11,13,15,17H,7,9-10H2,1H3,(H2,25,28)(H,26,29)/t13-,15?,17?/m0/s1. The number of fused-ring (bicyclic) bond motifs is 1. The lowest BCUT2D eigenvalue weighted by Gasteiger charge is -2.37. The Balaban J connectivity index is 1.30. The lowest BCUT2D eigenvalue weighted by molar-refractivity contribution is 0.0847. The second-order valence-electron chi connectivity index (χ2n) is 7.87. The van der Waals surface area contributed by atoms with Gasteiger partial charge in [-0.3, -0.25) is 9.59 Å². The Morgan fingerprint density at radius 3 is 2.90 bits per heavy atom. The number of aromatic nitrogens is 1. The van der Waals surface area contributed by atoms with E-state index in [1.165, 1.54) is 11.3 Å². The van der Waals surface area contributed by atoms with Gasteiger partial charge in [0.1, 0.15) is 5.56 Å². The number of nitrogens with one attached hydrogen (secondary N) is 1. The van der Waals surface area contributed by atoms with Crippen molar-refractivity contribution in [2.45, 2.75) is 38.3 Å². The minimum atomic E-state index is -0.558. The predicted octanol–water partition coefficient (Wildman–Crippen LogP) is 3.63. The summed E-state index contributed by atoms with van der Waals surface area (Å²) >= 11 is 1.50. The molecule has 2 amide bonds. The second kappa shape index (κ2) is 8.74. The number of hydrogen-bond donors (Lipinski definition) is 2. The molecule has 0 unspecified atom stereocenters. The fourth-order valence-corrected chi connectivity index (χ4v) is 4.66. The number of thiophene rings is 1. The van der Waals surface area contributed by atoms with Gasteiger partial charge in [-0.1, -0.05) is 6.07 Å². The van der Waals surface area contributed by atoms with Crippen LogP contribution in [-0.4, -0.2) is 28.9 Å². The number of nitriles is 1. The van der Waals surface area contributed by atoms with Crippen molar-refractivity contribution in [2.75, 3.05) is 0 Å². The van der Waals surface area contributed by atoms with Crippen molar-refractivity contribution in [1.82, 2.24) is 10.3 Å². The first-order chi connectivity index (χ1) is 14.9. The molecule has 0 saturated heterocycles. The molecule has 158 valence electrons. The molecule has 4 rings (SSSR count). The van der Waals surface area contributed by atoms with Gasteiger partial charge in [0, 0.05) is 11.6 Å². The number of primary amides is 1. The van der Waals surface area contributed by atoms with Crippen LogP contribution < -0.4 is 15.8 Å². The number of nitrogens with two attached hydrogens (primary N) is 1. The van der Waals surface area contributed by atoms with Gasteiger partial charge in [0.15, 0.2) is 0 Å². The van der Waals surface area contributed by atoms with Crippen LogP contribution in [0.5, 0.6) is 5.88 Å². The van der Waals surface area contributed by atoms with E-state index in [0.717, 1.165) is 29.5 Å². The molecule has 0 bridgehead atoms. The molecule has 1 aliphatic rings. The Morgan fingerprint density at radius 1 is 1.35 bits per heavy atom. The third-order valence-corrected chi connectivity index (χ3v) is 6.32. The first-order valence-corrected chi connectivity index (χ1v) is 11.0. The second-order valence-corrected chi connectivity index (χ2v) is 8.82. The van der Waals surface area contributed by atoms with Gasteiger partial charge in [0.25, 0.3) is 11.8 Å². The van der Waals surface area contributed by atoms with E-state index in [1.807, 2.05) is 24.4 Å². The van der Waals surface area contributed by atoms with E-state index in [-0.39, 0.29) is 23.9 Å². The van der Waals surface area contributed by atoms with Gasteiger partial charge in [-0.25, -0.2) is 4.98 Å². The molecule has 7 nitrogen and oxygen atoms in total. The van der Waals surface area contributed by atoms with Gasteiger partial charge in [-0.05, 0) is 67.8 Å². The van der Waals surface area contributed by atoms with Crippen LogP contribution in [0.15, 0.2) is 41.8 Å². The van der Waals surface area contributed by atoms with Crippen LogP contribution in [0.25, 0.3) is 10.2 Å². The first kappa shape index (κ1) is 20.8. The summed E-state index contributed by atoms with van der Waals surface area (Å²) in [5.74, 6) is -0.0406. The number of carbonyl (C=O) groups excluding carboxylic acids is 2. The van der Waals surface area contributed by atoms with Crippen molar-refractivity contribution in [3.8, 4) is 11.9 Å². The Morgan fingerprint density at radius 2 is 2.16 bits per heavy atom. The van der Waals surface area contributed by atoms with E-state index < -0.39 is 5.91 Å². The zero-order valence-corrected chi connectivity index (χ0v) is 17.8. The Kier molecular flexibility index (Phi) is 5.87. The van der Waals surface area contributed by atoms with E-state index in [0.29, 0.717) is 22.6 Å². The largest absolute Gasteiger partial charge is 0.474 e. The van der Waals surface area contributed by atoms with Gasteiger partial charge in [-0.2, -0.15) is 5.26 Å². The average Bonchev–Trinajstić information content (AvgIpc) is 3.18. The first-order valence-electron chi connectivity index (χ1n) is 10.1. The third kappa shape index (κ3) is 4.67. The summed E-state index contributed by atoms with van der Waals surface area (Å²) in [6, 6.07) is 12.4. The quantitative estimate of drug-likeness (QED) is 0.589. The Labute approximate surface area is 183 Å². The molecule has 1 aliphatic carbocycles. The average molecular weight is 435 g/mol. The van der Waals surface area contributed by atoms with Crippen LogP contribution in [-0.2, 0) is 0 Å². The summed E-state index contributed by atoms with van der Waals surface area (Å²) in [7, 11) is 0. The number of amides is 2. The molecule has 3 N–H and O–H groups in total. The SMILES string of the molecule is C[C@@H](CC1CC(NC(=O)c2cccc(C#N)c2)C1)Oc1nc2ccsc2cc1C(N)=O. The van der Waals surface area contributed by atoms with Crippen LogP contribution in [0, 0.1) is 17.2 Å². The van der Waals surface area contributed by atoms with E-state index in [1.54, 1.807) is 30.3 Å². The molecule has 1 atom stereocenters. The van der Waals surface area contributed by atoms with Crippen LogP contribution in [0.3, 0.4) is 0 Å². The van der Waals surface area contributed by atoms with E-state index >= 15 is 0 Å². The van der Waals surface area contributed by atoms with Crippen LogP contribution in [0.2, 0.25) is 0 Å². The minimum absolute atomic E-state index is 0.108. The fourth-order valence-electron chi connectivity index (χ4n) is 3.90. The van der Waals surface area contributed by atoms with Crippen LogP contribution in [0.4, 0.5) is 0 Å². The molecule has 31 heavy (non-hydrogen) atoms. The fraction of sp³-hybridized carbons (Fsp3) is 0.304. The van der Waals surface area contributed by atoms with Crippen molar-refractivity contribution in [1.29, 1.82) is 5.26 Å². The van der Waals surface area contributed by atoms with Gasteiger partial charge in [0.05, 0.1) is 28.0 Å². The molecule has 1 aromatic carbocycles. The van der Waals surface area contributed by atoms with Crippen LogP contribution in [0.1, 0.15) is 52.5 Å². The minimum Gasteiger partial charge on any atom is -0.474 e. The summed E-state index contributed by atoms with van der Waals surface area (Å²) in [4.78, 5) is 28.6. The zero-order chi connectivity index (χ0) is 22.0. The topological polar surface area (TPSA) is 118 Å². The van der Waals surface area contributed by atoms with Crippen molar-refractivity contribution >= 4 is 33.4 Å². The molecule has 0 radical (unpaired) electrons. The Bertz CT molecular complexity index is 1180. The number of carbonyl (C=O) groups is 2. The summed E-state index contributed by atoms with van der Waals surface area (Å²) in [5.41, 5.74) is 7.54. The number of ether oxygens (including phenoxy) is 1. The monoisotopic (exact) mass is 434 g/mol. The normalized spacial score (nSPS) is 18.6. The highest BCUT2D eigenvalue weighted by molar-refractivity contribution is 7.17. The summed E-state index contributed by atoms with van der Waals surface area (Å²) in [6.07, 6.45) is 2.36. The molecule has 1 fully saturated rings. The number of pyridine rings is 1. The van der Waals surface area contributed by atoms with Crippen molar-refractivity contribution in [3.05, 3.63) is 58.5 Å². The van der Waals surface area contributed by atoms with E-state index in [2.05, 4.69) is 10.3 Å². The van der Waals surface area contributed by atoms with Crippen molar-refractivity contribution < 1.29 is 14.3 Å². The lowest BCUT2D eigenvalue weighted by atomic mass is 9.77. The lowest BCUT2D eigenvalue weighted by Crippen LogP contribution is -2.45. The van der Waals surface area contributed by atoms with Crippen molar-refractivity contribution in [3.63, 3.8) is 0 Å². The molecular weight excluding hydrogens is 412 g/mol. The summed E-state index contributed by atoms with van der Waals surface area (Å²) in [6.45, 7) is 1.95. The van der Waals surface area contributed by atoms with Gasteiger partial charge < -0.3 is 15.8 Å². The molecule has 2 heterocycles. The van der Waals surface area contributed by atoms with E-state index in [4.69, 9.17) is 15.7 Å². The highest BCUT2D eigenvalue weighted by atomic mass is 32.1. The summed E-state index contributed by atoms with van der Waals surface area (Å²) in [5, 5.41) is 13.9. The molecule has 3 aromatic rings. The molecular formula is C23H22N4O3S. The molecule has 1 saturated carbocycles. The Hall–Kier alpha value is -3.44. The summed E-state index contributed by atoms with van der Waals surface area (Å²) < 4.78 is 6.87. The smallest absolute Gasteiger partial charge is 0.254 e. The number of benzene rings is 1. The molecule has 2 aromatic heterocycles. The van der Waals surface area contributed by atoms with Gasteiger partial charge in [0.2, 0.25) is 5.88 Å². The highest BCUT2D eigenvalue weighted by Crippen LogP contribution is 2.33.